The number of carbonyl (C=O) groups excluding carboxylic acids is 2. The molecule has 1 saturated carbocycles. The van der Waals surface area contributed by atoms with E-state index < -0.39 is 11.5 Å². The molecule has 9 heteroatoms. The molecule has 1 aliphatic carbocycles. The lowest BCUT2D eigenvalue weighted by atomic mass is 9.62. The smallest absolute Gasteiger partial charge is 0.409 e. The lowest BCUT2D eigenvalue weighted by molar-refractivity contribution is -0.169. The second kappa shape index (κ2) is 8.85. The summed E-state index contributed by atoms with van der Waals surface area (Å²) in [6.45, 7) is 4.50. The van der Waals surface area contributed by atoms with Gasteiger partial charge in [0.15, 0.2) is 0 Å². The van der Waals surface area contributed by atoms with Crippen LogP contribution < -0.4 is 5.73 Å². The highest BCUT2D eigenvalue weighted by atomic mass is 35.5. The third kappa shape index (κ3) is 3.93. The molecule has 1 unspecified atom stereocenters. The molecule has 3 heterocycles. The first-order valence-electron chi connectivity index (χ1n) is 10.00. The molecule has 0 radical (unpaired) electrons. The summed E-state index contributed by atoms with van der Waals surface area (Å²) in [5, 5.41) is 0. The fourth-order valence-corrected chi connectivity index (χ4v) is 5.33. The molecule has 0 spiro atoms. The normalized spacial score (nSPS) is 29.3. The predicted octanol–water partition coefficient (Wildman–Crippen LogP) is 1.63. The van der Waals surface area contributed by atoms with Crippen molar-refractivity contribution >= 4 is 24.4 Å². The molecule has 29 heavy (non-hydrogen) atoms. The first-order chi connectivity index (χ1) is 13.5. The predicted molar refractivity (Wildman–Crippen MR) is 109 cm³/mol. The number of piperidine rings is 1. The number of carbonyl (C=O) groups is 2. The molecule has 2 bridgehead atoms. The molecular formula is C20H29ClN4O4. The van der Waals surface area contributed by atoms with Gasteiger partial charge in [-0.05, 0) is 30.5 Å². The van der Waals surface area contributed by atoms with Gasteiger partial charge >= 0.3 is 6.09 Å². The van der Waals surface area contributed by atoms with Crippen molar-refractivity contribution in [2.75, 3.05) is 46.4 Å². The minimum Gasteiger partial charge on any atom is -0.448 e. The summed E-state index contributed by atoms with van der Waals surface area (Å²) >= 11 is 0. The molecule has 2 N–H and O–H groups in total. The summed E-state index contributed by atoms with van der Waals surface area (Å²) in [7, 11) is 1.77. The Labute approximate surface area is 177 Å². The molecule has 2 aliphatic heterocycles. The second-order valence-electron chi connectivity index (χ2n) is 7.98. The number of amides is 2. The summed E-state index contributed by atoms with van der Waals surface area (Å²) in [5.74, 6) is 0.116. The molecule has 8 nitrogen and oxygen atoms in total. The maximum Gasteiger partial charge on any atom is 0.409 e. The molecule has 3 atom stereocenters. The number of rotatable bonds is 6. The molecule has 2 amide bonds. The van der Waals surface area contributed by atoms with Crippen LogP contribution >= 0.6 is 12.4 Å². The number of nitrogens with zero attached hydrogens (tertiary/aromatic N) is 3. The minimum atomic E-state index is -0.520. The van der Waals surface area contributed by atoms with Crippen LogP contribution in [0.3, 0.4) is 0 Å². The maximum atomic E-state index is 11.7. The number of likely N-dealkylation sites (tertiary alicyclic amines) is 1. The fraction of sp³-hybridized carbons (Fsp3) is 0.650. The Morgan fingerprint density at radius 1 is 1.34 bits per heavy atom. The third-order valence-electron chi connectivity index (χ3n) is 6.61. The zero-order valence-electron chi connectivity index (χ0n) is 16.7. The van der Waals surface area contributed by atoms with E-state index in [1.54, 1.807) is 24.3 Å². The Bertz CT molecular complexity index is 748. The average molecular weight is 425 g/mol. The van der Waals surface area contributed by atoms with Crippen molar-refractivity contribution in [3.63, 3.8) is 0 Å². The van der Waals surface area contributed by atoms with Gasteiger partial charge in [0.05, 0.1) is 6.54 Å². The van der Waals surface area contributed by atoms with E-state index in [1.807, 2.05) is 6.07 Å². The molecule has 2 saturated heterocycles. The SMILES string of the molecule is COC1(c2ccnc(C(N)=O)c2)[C@@H]2CCC[C@H]1CN(CCN1CCOC1=O)C2.Cl. The van der Waals surface area contributed by atoms with Gasteiger partial charge in [-0.15, -0.1) is 12.4 Å². The number of hydrogen-bond acceptors (Lipinski definition) is 6. The number of halogens is 1. The molecule has 4 rings (SSSR count). The standard InChI is InChI=1S/C20H28N4O4.ClH/c1-27-20(14-5-6-22-17(11-14)18(21)25)15-3-2-4-16(20)13-23(12-15)7-8-24-9-10-28-19(24)26;/h5-6,11,15-16H,2-4,7-10,12-13H2,1H3,(H2,21,25);1H/t15-,16+,20?;. The van der Waals surface area contributed by atoms with Crippen LogP contribution in [0.1, 0.15) is 35.3 Å². The zero-order valence-corrected chi connectivity index (χ0v) is 17.5. The number of primary amides is 1. The summed E-state index contributed by atoms with van der Waals surface area (Å²) in [5.41, 5.74) is 6.31. The van der Waals surface area contributed by atoms with E-state index in [-0.39, 0.29) is 24.2 Å². The van der Waals surface area contributed by atoms with Crippen LogP contribution in [0, 0.1) is 11.8 Å². The molecule has 1 aromatic heterocycles. The number of hydrogen-bond donors (Lipinski definition) is 1. The van der Waals surface area contributed by atoms with Gasteiger partial charge in [0.25, 0.3) is 5.91 Å². The fourth-order valence-electron chi connectivity index (χ4n) is 5.33. The highest BCUT2D eigenvalue weighted by Crippen LogP contribution is 2.51. The summed E-state index contributed by atoms with van der Waals surface area (Å²) in [6.07, 6.45) is 4.76. The molecular weight excluding hydrogens is 396 g/mol. The lowest BCUT2D eigenvalue weighted by Gasteiger charge is -2.55. The van der Waals surface area contributed by atoms with E-state index >= 15 is 0 Å². The number of pyridine rings is 1. The van der Waals surface area contributed by atoms with Crippen LogP contribution in [-0.4, -0.2) is 73.2 Å². The topological polar surface area (TPSA) is 98.0 Å². The zero-order chi connectivity index (χ0) is 19.7. The van der Waals surface area contributed by atoms with Gasteiger partial charge in [0.1, 0.15) is 17.9 Å². The number of ether oxygens (including phenoxy) is 2. The summed E-state index contributed by atoms with van der Waals surface area (Å²) in [6, 6.07) is 3.75. The van der Waals surface area contributed by atoms with E-state index in [0.717, 1.165) is 38.0 Å². The van der Waals surface area contributed by atoms with Gasteiger partial charge in [-0.1, -0.05) is 6.42 Å². The monoisotopic (exact) mass is 424 g/mol. The van der Waals surface area contributed by atoms with Crippen LogP contribution in [0.2, 0.25) is 0 Å². The van der Waals surface area contributed by atoms with Crippen LogP contribution in [0.15, 0.2) is 18.3 Å². The van der Waals surface area contributed by atoms with Crippen LogP contribution in [0.5, 0.6) is 0 Å². The van der Waals surface area contributed by atoms with Gasteiger partial charge in [-0.3, -0.25) is 9.78 Å². The Balaban J connectivity index is 0.00000240. The Kier molecular flexibility index (Phi) is 6.65. The number of aromatic nitrogens is 1. The van der Waals surface area contributed by atoms with E-state index in [4.69, 9.17) is 15.2 Å². The first kappa shape index (κ1) is 21.8. The van der Waals surface area contributed by atoms with Crippen molar-refractivity contribution in [2.24, 2.45) is 17.6 Å². The highest BCUT2D eigenvalue weighted by Gasteiger charge is 2.53. The van der Waals surface area contributed by atoms with Crippen LogP contribution in [-0.2, 0) is 15.1 Å². The van der Waals surface area contributed by atoms with Gasteiger partial charge in [0.2, 0.25) is 0 Å². The van der Waals surface area contributed by atoms with E-state index in [9.17, 15) is 9.59 Å². The van der Waals surface area contributed by atoms with E-state index in [1.165, 1.54) is 6.42 Å². The average Bonchev–Trinajstić information content (AvgIpc) is 3.10. The summed E-state index contributed by atoms with van der Waals surface area (Å²) < 4.78 is 11.2. The Morgan fingerprint density at radius 3 is 2.66 bits per heavy atom. The van der Waals surface area contributed by atoms with Gasteiger partial charge in [-0.25, -0.2) is 4.79 Å². The maximum absolute atomic E-state index is 11.7. The Hall–Kier alpha value is -1.90. The number of nitrogens with two attached hydrogens (primary N) is 1. The number of methoxy groups -OCH3 is 1. The Morgan fingerprint density at radius 2 is 2.07 bits per heavy atom. The van der Waals surface area contributed by atoms with Crippen molar-refractivity contribution in [2.45, 2.75) is 24.9 Å². The quantitative estimate of drug-likeness (QED) is 0.745. The van der Waals surface area contributed by atoms with Crippen LogP contribution in [0.4, 0.5) is 4.79 Å². The highest BCUT2D eigenvalue weighted by molar-refractivity contribution is 5.90. The first-order valence-corrected chi connectivity index (χ1v) is 10.00. The second-order valence-corrected chi connectivity index (χ2v) is 7.98. The molecule has 3 fully saturated rings. The minimum absolute atomic E-state index is 0. The van der Waals surface area contributed by atoms with Gasteiger partial charge in [-0.2, -0.15) is 0 Å². The van der Waals surface area contributed by atoms with Crippen molar-refractivity contribution < 1.29 is 19.1 Å². The van der Waals surface area contributed by atoms with Gasteiger partial charge < -0.3 is 25.0 Å². The summed E-state index contributed by atoms with van der Waals surface area (Å²) in [4.78, 5) is 31.6. The largest absolute Gasteiger partial charge is 0.448 e. The van der Waals surface area contributed by atoms with E-state index in [0.29, 0.717) is 31.5 Å². The van der Waals surface area contributed by atoms with Gasteiger partial charge in [0, 0.05) is 51.3 Å². The van der Waals surface area contributed by atoms with Crippen molar-refractivity contribution in [3.8, 4) is 0 Å². The van der Waals surface area contributed by atoms with Crippen molar-refractivity contribution in [1.29, 1.82) is 0 Å². The molecule has 1 aromatic rings. The third-order valence-corrected chi connectivity index (χ3v) is 6.61. The number of fused-ring (bicyclic) bond motifs is 2. The molecule has 3 aliphatic rings. The lowest BCUT2D eigenvalue weighted by Crippen LogP contribution is -2.59. The number of cyclic esters (lactones) is 1. The van der Waals surface area contributed by atoms with Crippen molar-refractivity contribution in [1.82, 2.24) is 14.8 Å². The van der Waals surface area contributed by atoms with Crippen molar-refractivity contribution in [3.05, 3.63) is 29.6 Å². The molecule has 0 aromatic carbocycles. The van der Waals surface area contributed by atoms with Crippen LogP contribution in [0.25, 0.3) is 0 Å². The van der Waals surface area contributed by atoms with E-state index in [2.05, 4.69) is 9.88 Å². The molecule has 160 valence electrons.